The fourth-order valence-corrected chi connectivity index (χ4v) is 4.51. The Hall–Kier alpha value is -3.28. The summed E-state index contributed by atoms with van der Waals surface area (Å²) in [5.41, 5.74) is 2.76. The lowest BCUT2D eigenvalue weighted by Gasteiger charge is -2.31. The van der Waals surface area contributed by atoms with E-state index in [1.165, 1.54) is 0 Å². The first kappa shape index (κ1) is 23.9. The maximum Gasteiger partial charge on any atom is 0.309 e. The molecule has 6 heteroatoms. The van der Waals surface area contributed by atoms with Gasteiger partial charge in [-0.05, 0) is 56.9 Å². The minimum Gasteiger partial charge on any atom is -0.490 e. The number of benzene rings is 2. The molecule has 2 heterocycles. The van der Waals surface area contributed by atoms with Gasteiger partial charge in [0.1, 0.15) is 11.4 Å². The number of aromatic nitrogens is 1. The Morgan fingerprint density at radius 2 is 1.76 bits per heavy atom. The SMILES string of the molecule is CCOC(=O)C1CCN(C(=O)c2cc3c(OC(C)CC)cccc3n2Cc2ccccc2)CC1. The van der Waals surface area contributed by atoms with Gasteiger partial charge in [-0.2, -0.15) is 0 Å². The number of hydrogen-bond donors (Lipinski definition) is 0. The molecular formula is C28H34N2O4. The number of amides is 1. The molecule has 1 unspecified atom stereocenters. The average molecular weight is 463 g/mol. The number of rotatable bonds is 8. The molecule has 0 saturated carbocycles. The van der Waals surface area contributed by atoms with Crippen LogP contribution in [0.2, 0.25) is 0 Å². The Balaban J connectivity index is 1.66. The third kappa shape index (κ3) is 5.11. The first-order chi connectivity index (χ1) is 16.5. The van der Waals surface area contributed by atoms with Crippen molar-refractivity contribution in [3.63, 3.8) is 0 Å². The zero-order valence-electron chi connectivity index (χ0n) is 20.3. The molecule has 4 rings (SSSR count). The minimum absolute atomic E-state index is 0.0103. The Morgan fingerprint density at radius 3 is 2.44 bits per heavy atom. The maximum absolute atomic E-state index is 13.7. The first-order valence-corrected chi connectivity index (χ1v) is 12.3. The Kier molecular flexibility index (Phi) is 7.56. The second-order valence-corrected chi connectivity index (χ2v) is 8.95. The first-order valence-electron chi connectivity index (χ1n) is 12.3. The zero-order chi connectivity index (χ0) is 24.1. The fourth-order valence-electron chi connectivity index (χ4n) is 4.51. The number of carbonyl (C=O) groups excluding carboxylic acids is 2. The molecule has 0 N–H and O–H groups in total. The quantitative estimate of drug-likeness (QED) is 0.427. The van der Waals surface area contributed by atoms with E-state index >= 15 is 0 Å². The largest absolute Gasteiger partial charge is 0.490 e. The van der Waals surface area contributed by atoms with Crippen LogP contribution in [0.5, 0.6) is 5.75 Å². The molecule has 6 nitrogen and oxygen atoms in total. The lowest BCUT2D eigenvalue weighted by Crippen LogP contribution is -2.41. The van der Waals surface area contributed by atoms with E-state index in [1.807, 2.05) is 54.3 Å². The summed E-state index contributed by atoms with van der Waals surface area (Å²) in [5.74, 6) is 0.506. The molecule has 1 atom stereocenters. The van der Waals surface area contributed by atoms with Gasteiger partial charge in [0.15, 0.2) is 0 Å². The van der Waals surface area contributed by atoms with Crippen molar-refractivity contribution in [2.75, 3.05) is 19.7 Å². The molecule has 0 bridgehead atoms. The van der Waals surface area contributed by atoms with Crippen LogP contribution in [0.15, 0.2) is 54.6 Å². The van der Waals surface area contributed by atoms with Crippen molar-refractivity contribution >= 4 is 22.8 Å². The number of esters is 1. The highest BCUT2D eigenvalue weighted by molar-refractivity contribution is 6.00. The van der Waals surface area contributed by atoms with Crippen molar-refractivity contribution in [1.82, 2.24) is 9.47 Å². The van der Waals surface area contributed by atoms with Gasteiger partial charge in [-0.3, -0.25) is 9.59 Å². The number of piperidine rings is 1. The van der Waals surface area contributed by atoms with Crippen LogP contribution < -0.4 is 4.74 Å². The summed E-state index contributed by atoms with van der Waals surface area (Å²) < 4.78 is 13.5. The van der Waals surface area contributed by atoms with Gasteiger partial charge in [0.25, 0.3) is 5.91 Å². The van der Waals surface area contributed by atoms with Gasteiger partial charge in [-0.25, -0.2) is 0 Å². The van der Waals surface area contributed by atoms with Crippen molar-refractivity contribution in [3.8, 4) is 5.75 Å². The molecular weight excluding hydrogens is 428 g/mol. The van der Waals surface area contributed by atoms with E-state index in [0.29, 0.717) is 44.8 Å². The highest BCUT2D eigenvalue weighted by atomic mass is 16.5. The molecule has 180 valence electrons. The predicted octanol–water partition coefficient (Wildman–Crippen LogP) is 5.28. The molecule has 34 heavy (non-hydrogen) atoms. The molecule has 0 aliphatic carbocycles. The topological polar surface area (TPSA) is 60.8 Å². The second kappa shape index (κ2) is 10.8. The molecule has 1 aliphatic heterocycles. The molecule has 1 aliphatic rings. The van der Waals surface area contributed by atoms with E-state index < -0.39 is 0 Å². The zero-order valence-corrected chi connectivity index (χ0v) is 20.3. The monoisotopic (exact) mass is 462 g/mol. The minimum atomic E-state index is -0.153. The van der Waals surface area contributed by atoms with Crippen LogP contribution in [-0.4, -0.2) is 47.1 Å². The van der Waals surface area contributed by atoms with Crippen LogP contribution in [0.3, 0.4) is 0 Å². The van der Waals surface area contributed by atoms with Gasteiger partial charge in [0.05, 0.1) is 24.1 Å². The summed E-state index contributed by atoms with van der Waals surface area (Å²) in [6.07, 6.45) is 2.25. The van der Waals surface area contributed by atoms with Crippen molar-refractivity contribution in [3.05, 3.63) is 65.9 Å². The molecule has 1 fully saturated rings. The number of likely N-dealkylation sites (tertiary alicyclic amines) is 1. The van der Waals surface area contributed by atoms with Crippen LogP contribution in [0.1, 0.15) is 56.1 Å². The van der Waals surface area contributed by atoms with Crippen molar-refractivity contribution < 1.29 is 19.1 Å². The van der Waals surface area contributed by atoms with Crippen LogP contribution >= 0.6 is 0 Å². The van der Waals surface area contributed by atoms with E-state index in [2.05, 4.69) is 30.5 Å². The highest BCUT2D eigenvalue weighted by Gasteiger charge is 2.30. The Bertz CT molecular complexity index is 1130. The highest BCUT2D eigenvalue weighted by Crippen LogP contribution is 2.32. The van der Waals surface area contributed by atoms with Gasteiger partial charge in [0.2, 0.25) is 0 Å². The van der Waals surface area contributed by atoms with Crippen LogP contribution in [-0.2, 0) is 16.1 Å². The normalized spacial score (nSPS) is 15.3. The summed E-state index contributed by atoms with van der Waals surface area (Å²) in [6, 6.07) is 18.1. The van der Waals surface area contributed by atoms with E-state index in [1.54, 1.807) is 0 Å². The van der Waals surface area contributed by atoms with Gasteiger partial charge >= 0.3 is 5.97 Å². The Labute approximate surface area is 201 Å². The summed E-state index contributed by atoms with van der Waals surface area (Å²) in [6.45, 7) is 8.05. The fraction of sp³-hybridized carbons (Fsp3) is 0.429. The number of carbonyl (C=O) groups is 2. The molecule has 1 aromatic heterocycles. The second-order valence-electron chi connectivity index (χ2n) is 8.95. The van der Waals surface area contributed by atoms with Crippen LogP contribution in [0, 0.1) is 5.92 Å². The Morgan fingerprint density at radius 1 is 1.03 bits per heavy atom. The molecule has 1 amide bonds. The molecule has 1 saturated heterocycles. The molecule has 3 aromatic rings. The number of hydrogen-bond acceptors (Lipinski definition) is 4. The van der Waals surface area contributed by atoms with Crippen molar-refractivity contribution in [2.45, 2.75) is 52.7 Å². The molecule has 0 radical (unpaired) electrons. The standard InChI is InChI=1S/C28H34N2O4/c1-4-20(3)34-26-13-9-12-24-23(26)18-25(30(24)19-21-10-7-6-8-11-21)27(31)29-16-14-22(15-17-29)28(32)33-5-2/h6-13,18,20,22H,4-5,14-17,19H2,1-3H3. The average Bonchev–Trinajstić information content (AvgIpc) is 3.23. The molecule has 2 aromatic carbocycles. The van der Waals surface area contributed by atoms with Crippen LogP contribution in [0.4, 0.5) is 0 Å². The number of fused-ring (bicyclic) bond motifs is 1. The summed E-state index contributed by atoms with van der Waals surface area (Å²) >= 11 is 0. The smallest absolute Gasteiger partial charge is 0.309 e. The van der Waals surface area contributed by atoms with Gasteiger partial charge in [-0.1, -0.05) is 43.3 Å². The summed E-state index contributed by atoms with van der Waals surface area (Å²) in [4.78, 5) is 27.7. The predicted molar refractivity (Wildman–Crippen MR) is 133 cm³/mol. The van der Waals surface area contributed by atoms with Gasteiger partial charge < -0.3 is 18.9 Å². The molecule has 0 spiro atoms. The maximum atomic E-state index is 13.7. The number of ether oxygens (including phenoxy) is 2. The van der Waals surface area contributed by atoms with E-state index in [0.717, 1.165) is 28.6 Å². The van der Waals surface area contributed by atoms with Crippen LogP contribution in [0.25, 0.3) is 10.9 Å². The van der Waals surface area contributed by atoms with Crippen molar-refractivity contribution in [2.24, 2.45) is 5.92 Å². The van der Waals surface area contributed by atoms with Crippen molar-refractivity contribution in [1.29, 1.82) is 0 Å². The van der Waals surface area contributed by atoms with E-state index in [9.17, 15) is 9.59 Å². The summed E-state index contributed by atoms with van der Waals surface area (Å²) in [7, 11) is 0. The summed E-state index contributed by atoms with van der Waals surface area (Å²) in [5, 5.41) is 0.948. The third-order valence-corrected chi connectivity index (χ3v) is 6.61. The third-order valence-electron chi connectivity index (χ3n) is 6.61. The van der Waals surface area contributed by atoms with E-state index in [-0.39, 0.29) is 23.9 Å². The van der Waals surface area contributed by atoms with Gasteiger partial charge in [-0.15, -0.1) is 0 Å². The number of nitrogens with zero attached hydrogens (tertiary/aromatic N) is 2. The van der Waals surface area contributed by atoms with E-state index in [4.69, 9.17) is 9.47 Å². The lowest BCUT2D eigenvalue weighted by atomic mass is 9.97. The van der Waals surface area contributed by atoms with Gasteiger partial charge in [0, 0.05) is 25.0 Å². The lowest BCUT2D eigenvalue weighted by molar-refractivity contribution is -0.149.